The van der Waals surface area contributed by atoms with E-state index in [4.69, 9.17) is 28.0 Å². The largest absolute Gasteiger partial charge is 0.381 e. The Bertz CT molecular complexity index is 930. The second-order valence-corrected chi connectivity index (χ2v) is 6.44. The first-order valence-electron chi connectivity index (χ1n) is 7.30. The summed E-state index contributed by atoms with van der Waals surface area (Å²) in [5.74, 6) is -2.37. The summed E-state index contributed by atoms with van der Waals surface area (Å²) in [4.78, 5) is 31.6. The van der Waals surface area contributed by atoms with E-state index in [2.05, 4.69) is 5.16 Å². The van der Waals surface area contributed by atoms with Crippen molar-refractivity contribution >= 4 is 46.4 Å². The maximum absolute atomic E-state index is 13.1. The summed E-state index contributed by atoms with van der Waals surface area (Å²) in [6, 6.07) is 9.94. The first kappa shape index (κ1) is 16.1. The minimum Gasteiger partial charge on any atom is -0.381 e. The molecule has 2 atom stereocenters. The van der Waals surface area contributed by atoms with Crippen molar-refractivity contribution in [3.63, 3.8) is 0 Å². The molecular weight excluding hydrogens is 370 g/mol. The second kappa shape index (κ2) is 5.82. The Hall–Kier alpha value is -2.44. The zero-order valence-corrected chi connectivity index (χ0v) is 14.0. The van der Waals surface area contributed by atoms with Crippen LogP contribution in [0.4, 0.5) is 10.1 Å². The van der Waals surface area contributed by atoms with Crippen LogP contribution in [0.2, 0.25) is 10.0 Å². The molecule has 2 aliphatic rings. The molecule has 5 nitrogen and oxygen atoms in total. The molecule has 1 saturated heterocycles. The normalized spacial score (nSPS) is 22.0. The average Bonchev–Trinajstić information content (AvgIpc) is 3.11. The standard InChI is InChI=1S/C17H9Cl2FN2O3/c18-9-3-6-12(11(19)7-9)22-16(23)13-14(21-25-15(13)17(22)24)8-1-4-10(20)5-2-8/h1-7,13,15H/t13-,15+/m1/s1. The number of fused-ring (bicyclic) bond motifs is 1. The van der Waals surface area contributed by atoms with E-state index >= 15 is 0 Å². The SMILES string of the molecule is O=C1[C@@H]2C(c3ccc(F)cc3)=NO[C@@H]2C(=O)N1c1ccc(Cl)cc1Cl. The van der Waals surface area contributed by atoms with Crippen molar-refractivity contribution in [2.75, 3.05) is 4.90 Å². The number of nitrogens with zero attached hydrogens (tertiary/aromatic N) is 2. The van der Waals surface area contributed by atoms with Gasteiger partial charge < -0.3 is 4.84 Å². The van der Waals surface area contributed by atoms with Gasteiger partial charge in [-0.15, -0.1) is 0 Å². The van der Waals surface area contributed by atoms with Crippen molar-refractivity contribution in [3.05, 3.63) is 63.9 Å². The third kappa shape index (κ3) is 2.49. The Morgan fingerprint density at radius 3 is 2.44 bits per heavy atom. The van der Waals surface area contributed by atoms with Crippen molar-refractivity contribution < 1.29 is 18.8 Å². The third-order valence-electron chi connectivity index (χ3n) is 4.10. The second-order valence-electron chi connectivity index (χ2n) is 5.59. The molecule has 2 aromatic rings. The number of benzene rings is 2. The van der Waals surface area contributed by atoms with Crippen molar-refractivity contribution in [3.8, 4) is 0 Å². The number of halogens is 3. The lowest BCUT2D eigenvalue weighted by Crippen LogP contribution is -2.33. The van der Waals surface area contributed by atoms with Crippen molar-refractivity contribution in [2.45, 2.75) is 6.10 Å². The van der Waals surface area contributed by atoms with Gasteiger partial charge in [-0.25, -0.2) is 9.29 Å². The highest BCUT2D eigenvalue weighted by molar-refractivity contribution is 6.39. The fourth-order valence-corrected chi connectivity index (χ4v) is 3.43. The molecule has 8 heteroatoms. The number of oxime groups is 1. The van der Waals surface area contributed by atoms with Crippen molar-refractivity contribution in [2.24, 2.45) is 11.1 Å². The lowest BCUT2D eigenvalue weighted by Gasteiger charge is -2.17. The van der Waals surface area contributed by atoms with E-state index < -0.39 is 29.7 Å². The first-order valence-corrected chi connectivity index (χ1v) is 8.05. The lowest BCUT2D eigenvalue weighted by molar-refractivity contribution is -0.126. The predicted molar refractivity (Wildman–Crippen MR) is 90.3 cm³/mol. The molecule has 4 rings (SSSR count). The molecule has 0 aliphatic carbocycles. The van der Waals surface area contributed by atoms with Gasteiger partial charge in [-0.2, -0.15) is 0 Å². The van der Waals surface area contributed by atoms with Gasteiger partial charge in [0, 0.05) is 10.6 Å². The minimum atomic E-state index is -1.06. The van der Waals surface area contributed by atoms with Gasteiger partial charge in [0.1, 0.15) is 17.4 Å². The van der Waals surface area contributed by atoms with E-state index in [1.165, 1.54) is 42.5 Å². The van der Waals surface area contributed by atoms with E-state index in [0.717, 1.165) is 4.90 Å². The summed E-state index contributed by atoms with van der Waals surface area (Å²) in [6.07, 6.45) is -1.06. The highest BCUT2D eigenvalue weighted by atomic mass is 35.5. The molecule has 0 radical (unpaired) electrons. The fourth-order valence-electron chi connectivity index (χ4n) is 2.94. The molecule has 2 aromatic carbocycles. The molecule has 0 N–H and O–H groups in total. The maximum atomic E-state index is 13.1. The molecule has 0 spiro atoms. The van der Waals surface area contributed by atoms with E-state index in [-0.39, 0.29) is 16.4 Å². The van der Waals surface area contributed by atoms with Crippen molar-refractivity contribution in [1.82, 2.24) is 0 Å². The molecule has 0 saturated carbocycles. The molecule has 0 aromatic heterocycles. The first-order chi connectivity index (χ1) is 12.0. The van der Waals surface area contributed by atoms with Gasteiger partial charge in [-0.05, 0) is 30.3 Å². The molecule has 2 amide bonds. The van der Waals surface area contributed by atoms with Crippen LogP contribution in [0.3, 0.4) is 0 Å². The van der Waals surface area contributed by atoms with Gasteiger partial charge in [-0.1, -0.05) is 40.5 Å². The zero-order chi connectivity index (χ0) is 17.7. The molecule has 1 fully saturated rings. The van der Waals surface area contributed by atoms with Gasteiger partial charge in [0.05, 0.1) is 10.7 Å². The molecule has 0 unspecified atom stereocenters. The molecular formula is C17H9Cl2FN2O3. The smallest absolute Gasteiger partial charge is 0.279 e. The Kier molecular flexibility index (Phi) is 3.74. The van der Waals surface area contributed by atoms with Gasteiger partial charge in [0.2, 0.25) is 12.0 Å². The van der Waals surface area contributed by atoms with Crippen LogP contribution in [0.5, 0.6) is 0 Å². The summed E-state index contributed by atoms with van der Waals surface area (Å²) >= 11 is 12.0. The number of carbonyl (C=O) groups is 2. The molecule has 126 valence electrons. The Labute approximate surface area is 151 Å². The van der Waals surface area contributed by atoms with Crippen LogP contribution in [-0.2, 0) is 14.4 Å². The lowest BCUT2D eigenvalue weighted by atomic mass is 9.94. The Balaban J connectivity index is 1.72. The van der Waals surface area contributed by atoms with Gasteiger partial charge in [-0.3, -0.25) is 9.59 Å². The van der Waals surface area contributed by atoms with E-state index in [1.54, 1.807) is 0 Å². The highest BCUT2D eigenvalue weighted by Gasteiger charge is 2.56. The van der Waals surface area contributed by atoms with Crippen LogP contribution in [0.25, 0.3) is 0 Å². The molecule has 25 heavy (non-hydrogen) atoms. The van der Waals surface area contributed by atoms with Crippen LogP contribution in [0.15, 0.2) is 47.6 Å². The molecule has 0 bridgehead atoms. The highest BCUT2D eigenvalue weighted by Crippen LogP contribution is 2.38. The van der Waals surface area contributed by atoms with Crippen LogP contribution in [0, 0.1) is 11.7 Å². The Morgan fingerprint density at radius 2 is 1.76 bits per heavy atom. The van der Waals surface area contributed by atoms with Crippen LogP contribution < -0.4 is 4.90 Å². The van der Waals surface area contributed by atoms with Gasteiger partial charge >= 0.3 is 0 Å². The van der Waals surface area contributed by atoms with Gasteiger partial charge in [0.25, 0.3) is 5.91 Å². The van der Waals surface area contributed by atoms with E-state index in [0.29, 0.717) is 10.6 Å². The average molecular weight is 379 g/mol. The quantitative estimate of drug-likeness (QED) is 0.752. The van der Waals surface area contributed by atoms with Gasteiger partial charge in [0.15, 0.2) is 0 Å². The number of carbonyl (C=O) groups excluding carboxylic acids is 2. The van der Waals surface area contributed by atoms with Crippen LogP contribution in [-0.4, -0.2) is 23.6 Å². The summed E-state index contributed by atoms with van der Waals surface area (Å²) in [7, 11) is 0. The predicted octanol–water partition coefficient (Wildman–Crippen LogP) is 3.43. The number of rotatable bonds is 2. The number of imide groups is 1. The summed E-state index contributed by atoms with van der Waals surface area (Å²) in [5.41, 5.74) is 1.03. The van der Waals surface area contributed by atoms with Crippen molar-refractivity contribution in [1.29, 1.82) is 0 Å². The summed E-state index contributed by atoms with van der Waals surface area (Å²) in [6.45, 7) is 0. The number of hydrogen-bond donors (Lipinski definition) is 0. The topological polar surface area (TPSA) is 59.0 Å². The Morgan fingerprint density at radius 1 is 1.04 bits per heavy atom. The maximum Gasteiger partial charge on any atom is 0.279 e. The third-order valence-corrected chi connectivity index (χ3v) is 4.64. The number of amides is 2. The van der Waals surface area contributed by atoms with E-state index in [1.807, 2.05) is 0 Å². The minimum absolute atomic E-state index is 0.175. The number of hydrogen-bond acceptors (Lipinski definition) is 4. The van der Waals surface area contributed by atoms with E-state index in [9.17, 15) is 14.0 Å². The van der Waals surface area contributed by atoms with Crippen LogP contribution >= 0.6 is 23.2 Å². The number of anilines is 1. The zero-order valence-electron chi connectivity index (χ0n) is 12.4. The summed E-state index contributed by atoms with van der Waals surface area (Å²) in [5, 5.41) is 4.42. The van der Waals surface area contributed by atoms with Crippen LogP contribution in [0.1, 0.15) is 5.56 Å². The summed E-state index contributed by atoms with van der Waals surface area (Å²) < 4.78 is 13.1. The molecule has 2 aliphatic heterocycles. The monoisotopic (exact) mass is 378 g/mol. The fraction of sp³-hybridized carbons (Fsp3) is 0.118. The molecule has 2 heterocycles.